The lowest BCUT2D eigenvalue weighted by Crippen LogP contribution is -2.56. The van der Waals surface area contributed by atoms with Gasteiger partial charge in [0, 0.05) is 41.9 Å². The van der Waals surface area contributed by atoms with Crippen LogP contribution < -0.4 is 10.2 Å². The highest BCUT2D eigenvalue weighted by Gasteiger charge is 2.25. The van der Waals surface area contributed by atoms with E-state index in [4.69, 9.17) is 5.11 Å². The largest absolute Gasteiger partial charge is 0.396 e. The van der Waals surface area contributed by atoms with Crippen LogP contribution in [0.25, 0.3) is 0 Å². The van der Waals surface area contributed by atoms with Gasteiger partial charge in [-0.2, -0.15) is 0 Å². The molecule has 2 atom stereocenters. The van der Waals surface area contributed by atoms with Crippen molar-refractivity contribution >= 4 is 21.6 Å². The first kappa shape index (κ1) is 13.8. The molecule has 1 aromatic rings. The van der Waals surface area contributed by atoms with E-state index in [-0.39, 0.29) is 6.61 Å². The molecule has 0 radical (unpaired) electrons. The smallest absolute Gasteiger partial charge is 0.0446 e. The molecule has 4 heteroatoms. The molecule has 2 rings (SSSR count). The lowest BCUT2D eigenvalue weighted by Gasteiger charge is -2.41. The van der Waals surface area contributed by atoms with E-state index in [9.17, 15) is 0 Å². The van der Waals surface area contributed by atoms with Crippen molar-refractivity contribution in [1.82, 2.24) is 5.32 Å². The quantitative estimate of drug-likeness (QED) is 0.899. The number of hydrogen-bond donors (Lipinski definition) is 2. The summed E-state index contributed by atoms with van der Waals surface area (Å²) in [5.41, 5.74) is 2.59. The van der Waals surface area contributed by atoms with Crippen LogP contribution in [0.2, 0.25) is 0 Å². The third-order valence-electron chi connectivity index (χ3n) is 3.60. The number of benzene rings is 1. The minimum absolute atomic E-state index is 0.249. The summed E-state index contributed by atoms with van der Waals surface area (Å²) in [7, 11) is 0. The highest BCUT2D eigenvalue weighted by molar-refractivity contribution is 9.10. The molecule has 1 aliphatic heterocycles. The number of piperazine rings is 1. The first-order valence-corrected chi connectivity index (χ1v) is 7.28. The number of rotatable bonds is 3. The summed E-state index contributed by atoms with van der Waals surface area (Å²) < 4.78 is 1.12. The van der Waals surface area contributed by atoms with Crippen molar-refractivity contribution < 1.29 is 5.11 Å². The zero-order valence-corrected chi connectivity index (χ0v) is 12.6. The van der Waals surface area contributed by atoms with E-state index < -0.39 is 0 Å². The van der Waals surface area contributed by atoms with Gasteiger partial charge in [0.2, 0.25) is 0 Å². The fourth-order valence-electron chi connectivity index (χ4n) is 2.56. The summed E-state index contributed by atoms with van der Waals surface area (Å²) in [6.45, 7) is 6.57. The number of nitrogens with one attached hydrogen (secondary N) is 1. The van der Waals surface area contributed by atoms with Crippen molar-refractivity contribution in [3.8, 4) is 0 Å². The van der Waals surface area contributed by atoms with Crippen LogP contribution in [0.5, 0.6) is 0 Å². The lowest BCUT2D eigenvalue weighted by atomic mass is 10.0. The molecule has 0 amide bonds. The molecule has 3 nitrogen and oxygen atoms in total. The lowest BCUT2D eigenvalue weighted by molar-refractivity contribution is 0.254. The molecule has 1 heterocycles. The van der Waals surface area contributed by atoms with Crippen LogP contribution in [0.4, 0.5) is 5.69 Å². The van der Waals surface area contributed by atoms with E-state index >= 15 is 0 Å². The maximum absolute atomic E-state index is 9.07. The second-order valence-corrected chi connectivity index (χ2v) is 5.97. The molecule has 1 fully saturated rings. The molecule has 1 saturated heterocycles. The maximum atomic E-state index is 9.07. The second-order valence-electron chi connectivity index (χ2n) is 5.05. The van der Waals surface area contributed by atoms with E-state index in [1.165, 1.54) is 11.3 Å². The zero-order chi connectivity index (χ0) is 13.1. The number of aryl methyl sites for hydroxylation is 1. The Bertz CT molecular complexity index is 411. The summed E-state index contributed by atoms with van der Waals surface area (Å²) in [6, 6.07) is 7.30. The molecule has 1 aliphatic rings. The third kappa shape index (κ3) is 3.05. The maximum Gasteiger partial charge on any atom is 0.0446 e. The van der Waals surface area contributed by atoms with Gasteiger partial charge in [-0.05, 0) is 44.0 Å². The van der Waals surface area contributed by atoms with Crippen molar-refractivity contribution in [1.29, 1.82) is 0 Å². The van der Waals surface area contributed by atoms with E-state index in [1.807, 2.05) is 0 Å². The molecule has 0 aromatic heterocycles. The molecule has 18 heavy (non-hydrogen) atoms. The fraction of sp³-hybridized carbons (Fsp3) is 0.571. The molecule has 2 unspecified atom stereocenters. The molecule has 0 bridgehead atoms. The first-order valence-electron chi connectivity index (χ1n) is 6.49. The van der Waals surface area contributed by atoms with Gasteiger partial charge in [-0.15, -0.1) is 0 Å². The zero-order valence-electron chi connectivity index (χ0n) is 11.0. The number of halogens is 1. The molecule has 2 N–H and O–H groups in total. The van der Waals surface area contributed by atoms with E-state index in [0.29, 0.717) is 12.1 Å². The molecule has 100 valence electrons. The van der Waals surface area contributed by atoms with E-state index in [1.54, 1.807) is 0 Å². The topological polar surface area (TPSA) is 35.5 Å². The summed E-state index contributed by atoms with van der Waals surface area (Å²) in [6.07, 6.45) is 0.818. The van der Waals surface area contributed by atoms with Gasteiger partial charge in [0.25, 0.3) is 0 Å². The Balaban J connectivity index is 2.18. The van der Waals surface area contributed by atoms with Crippen LogP contribution in [0.1, 0.15) is 18.9 Å². The monoisotopic (exact) mass is 312 g/mol. The second kappa shape index (κ2) is 6.04. The van der Waals surface area contributed by atoms with Crippen molar-refractivity contribution in [2.24, 2.45) is 0 Å². The van der Waals surface area contributed by atoms with Gasteiger partial charge in [-0.3, -0.25) is 0 Å². The van der Waals surface area contributed by atoms with Crippen LogP contribution in [-0.2, 0) is 0 Å². The van der Waals surface area contributed by atoms with Crippen LogP contribution in [0.15, 0.2) is 22.7 Å². The Hall–Kier alpha value is -0.580. The summed E-state index contributed by atoms with van der Waals surface area (Å²) >= 11 is 3.51. The van der Waals surface area contributed by atoms with E-state index in [0.717, 1.165) is 24.0 Å². The SMILES string of the molecule is Cc1cc(Br)ccc1N1CC(CCO)NCC1C. The predicted molar refractivity (Wildman–Crippen MR) is 79.2 cm³/mol. The number of hydrogen-bond acceptors (Lipinski definition) is 3. The van der Waals surface area contributed by atoms with Gasteiger partial charge in [-0.1, -0.05) is 15.9 Å². The van der Waals surface area contributed by atoms with Crippen LogP contribution in [0, 0.1) is 6.92 Å². The molecule has 0 spiro atoms. The van der Waals surface area contributed by atoms with Gasteiger partial charge < -0.3 is 15.3 Å². The van der Waals surface area contributed by atoms with Gasteiger partial charge >= 0.3 is 0 Å². The number of anilines is 1. The van der Waals surface area contributed by atoms with Gasteiger partial charge in [-0.25, -0.2) is 0 Å². The molecular formula is C14H21BrN2O. The van der Waals surface area contributed by atoms with Gasteiger partial charge in [0.1, 0.15) is 0 Å². The average molecular weight is 313 g/mol. The Morgan fingerprint density at radius 1 is 1.50 bits per heavy atom. The molecule has 0 saturated carbocycles. The Morgan fingerprint density at radius 2 is 2.28 bits per heavy atom. The fourth-order valence-corrected chi connectivity index (χ4v) is 3.03. The predicted octanol–water partition coefficient (Wildman–Crippen LogP) is 2.31. The highest BCUT2D eigenvalue weighted by Crippen LogP contribution is 2.27. The Kier molecular flexibility index (Phi) is 4.65. The summed E-state index contributed by atoms with van der Waals surface area (Å²) in [5, 5.41) is 12.6. The van der Waals surface area contributed by atoms with Crippen molar-refractivity contribution in [2.45, 2.75) is 32.4 Å². The normalized spacial score (nSPS) is 24.3. The van der Waals surface area contributed by atoms with Gasteiger partial charge in [0.15, 0.2) is 0 Å². The first-order chi connectivity index (χ1) is 8.61. The van der Waals surface area contributed by atoms with Crippen molar-refractivity contribution in [3.05, 3.63) is 28.2 Å². The highest BCUT2D eigenvalue weighted by atomic mass is 79.9. The van der Waals surface area contributed by atoms with Crippen molar-refractivity contribution in [3.63, 3.8) is 0 Å². The minimum Gasteiger partial charge on any atom is -0.396 e. The van der Waals surface area contributed by atoms with Crippen LogP contribution in [0.3, 0.4) is 0 Å². The third-order valence-corrected chi connectivity index (χ3v) is 4.09. The molecule has 0 aliphatic carbocycles. The standard InChI is InChI=1S/C14H21BrN2O/c1-10-7-12(15)3-4-14(10)17-9-13(5-6-18)16-8-11(17)2/h3-4,7,11,13,16,18H,5-6,8-9H2,1-2H3. The average Bonchev–Trinajstić information content (AvgIpc) is 2.33. The number of nitrogens with zero attached hydrogens (tertiary/aromatic N) is 1. The molecule has 1 aromatic carbocycles. The summed E-state index contributed by atoms with van der Waals surface area (Å²) in [5.74, 6) is 0. The minimum atomic E-state index is 0.249. The van der Waals surface area contributed by atoms with E-state index in [2.05, 4.69) is 58.2 Å². The van der Waals surface area contributed by atoms with Crippen LogP contribution in [-0.4, -0.2) is 36.9 Å². The van der Waals surface area contributed by atoms with Crippen LogP contribution >= 0.6 is 15.9 Å². The molecular weight excluding hydrogens is 292 g/mol. The van der Waals surface area contributed by atoms with Gasteiger partial charge in [0.05, 0.1) is 0 Å². The van der Waals surface area contributed by atoms with Crippen molar-refractivity contribution in [2.75, 3.05) is 24.6 Å². The Labute approximate surface area is 117 Å². The Morgan fingerprint density at radius 3 is 2.94 bits per heavy atom. The number of aliphatic hydroxyl groups excluding tert-OH is 1. The number of aliphatic hydroxyl groups is 1. The summed E-state index contributed by atoms with van der Waals surface area (Å²) in [4.78, 5) is 2.44.